The van der Waals surface area contributed by atoms with E-state index >= 15 is 0 Å². The summed E-state index contributed by atoms with van der Waals surface area (Å²) in [7, 11) is 0. The van der Waals surface area contributed by atoms with Crippen LogP contribution >= 0.6 is 0 Å². The molecule has 0 bridgehead atoms. The van der Waals surface area contributed by atoms with E-state index in [1.165, 1.54) is 16.8 Å². The number of fused-ring (bicyclic) bond motifs is 1. The number of rotatable bonds is 2. The van der Waals surface area contributed by atoms with Gasteiger partial charge in [-0.2, -0.15) is 0 Å². The summed E-state index contributed by atoms with van der Waals surface area (Å²) in [5.74, 6) is 0. The summed E-state index contributed by atoms with van der Waals surface area (Å²) in [6, 6.07) is 6.67. The first-order chi connectivity index (χ1) is 10.9. The molecule has 0 radical (unpaired) electrons. The number of hydrogen-bond donors (Lipinski definition) is 1. The van der Waals surface area contributed by atoms with Crippen LogP contribution in [0.3, 0.4) is 0 Å². The number of carbonyl (C=O) groups excluding carboxylic acids is 1. The number of anilines is 1. The van der Waals surface area contributed by atoms with E-state index in [2.05, 4.69) is 23.5 Å². The molecule has 5 nitrogen and oxygen atoms in total. The average molecular weight is 318 g/mol. The number of hydrogen-bond acceptors (Lipinski definition) is 4. The van der Waals surface area contributed by atoms with Crippen molar-refractivity contribution in [3.8, 4) is 0 Å². The van der Waals surface area contributed by atoms with Gasteiger partial charge in [0, 0.05) is 25.4 Å². The molecule has 5 heteroatoms. The second kappa shape index (κ2) is 6.40. The lowest BCUT2D eigenvalue weighted by atomic mass is 9.97. The van der Waals surface area contributed by atoms with E-state index in [1.54, 1.807) is 4.90 Å². The van der Waals surface area contributed by atoms with E-state index < -0.39 is 5.60 Å². The van der Waals surface area contributed by atoms with Gasteiger partial charge in [0.15, 0.2) is 0 Å². The van der Waals surface area contributed by atoms with Gasteiger partial charge in [-0.25, -0.2) is 4.79 Å². The van der Waals surface area contributed by atoms with Gasteiger partial charge in [-0.05, 0) is 50.8 Å². The van der Waals surface area contributed by atoms with E-state index in [0.29, 0.717) is 19.1 Å². The van der Waals surface area contributed by atoms with Crippen molar-refractivity contribution in [2.75, 3.05) is 25.1 Å². The average Bonchev–Trinajstić information content (AvgIpc) is 2.98. The predicted octanol–water partition coefficient (Wildman–Crippen LogP) is 3.18. The number of nitrogens with one attached hydrogen (secondary N) is 1. The van der Waals surface area contributed by atoms with Gasteiger partial charge in [-0.3, -0.25) is 0 Å². The number of amides is 1. The minimum Gasteiger partial charge on any atom is -0.444 e. The first kappa shape index (κ1) is 16.1. The summed E-state index contributed by atoms with van der Waals surface area (Å²) in [6.07, 6.45) is 1.67. The Morgan fingerprint density at radius 3 is 2.91 bits per heavy atom. The topological polar surface area (TPSA) is 50.8 Å². The van der Waals surface area contributed by atoms with Gasteiger partial charge in [0.25, 0.3) is 0 Å². The summed E-state index contributed by atoms with van der Waals surface area (Å²) in [5, 5.41) is 3.59. The van der Waals surface area contributed by atoms with Crippen LogP contribution in [0.15, 0.2) is 18.2 Å². The number of carbonyl (C=O) groups is 1. The second-order valence-electron chi connectivity index (χ2n) is 7.30. The summed E-state index contributed by atoms with van der Waals surface area (Å²) in [4.78, 5) is 14.0. The van der Waals surface area contributed by atoms with E-state index in [1.807, 2.05) is 20.8 Å². The molecule has 1 fully saturated rings. The molecule has 1 aromatic carbocycles. The van der Waals surface area contributed by atoms with Crippen LogP contribution in [0.25, 0.3) is 0 Å². The zero-order chi connectivity index (χ0) is 16.4. The Labute approximate surface area is 137 Å². The van der Waals surface area contributed by atoms with Crippen molar-refractivity contribution in [1.82, 2.24) is 4.90 Å². The van der Waals surface area contributed by atoms with Crippen molar-refractivity contribution in [1.29, 1.82) is 0 Å². The molecule has 0 aliphatic carbocycles. The lowest BCUT2D eigenvalue weighted by molar-refractivity contribution is 0.0224. The van der Waals surface area contributed by atoms with Crippen molar-refractivity contribution in [2.45, 2.75) is 51.8 Å². The van der Waals surface area contributed by atoms with Crippen LogP contribution in [0.2, 0.25) is 0 Å². The fraction of sp³-hybridized carbons (Fsp3) is 0.611. The lowest BCUT2D eigenvalue weighted by Gasteiger charge is -2.32. The maximum absolute atomic E-state index is 12.3. The van der Waals surface area contributed by atoms with E-state index in [9.17, 15) is 4.79 Å². The van der Waals surface area contributed by atoms with Crippen molar-refractivity contribution in [3.63, 3.8) is 0 Å². The molecule has 2 aliphatic rings. The number of ether oxygens (including phenoxy) is 2. The van der Waals surface area contributed by atoms with Crippen LogP contribution in [-0.2, 0) is 22.4 Å². The van der Waals surface area contributed by atoms with Crippen molar-refractivity contribution in [3.05, 3.63) is 29.3 Å². The zero-order valence-corrected chi connectivity index (χ0v) is 14.2. The highest BCUT2D eigenvalue weighted by atomic mass is 16.6. The molecule has 126 valence electrons. The largest absolute Gasteiger partial charge is 0.444 e. The van der Waals surface area contributed by atoms with Gasteiger partial charge >= 0.3 is 6.09 Å². The van der Waals surface area contributed by atoms with E-state index in [-0.39, 0.29) is 6.09 Å². The summed E-state index contributed by atoms with van der Waals surface area (Å²) in [6.45, 7) is 8.60. The maximum Gasteiger partial charge on any atom is 0.410 e. The molecule has 2 aliphatic heterocycles. The van der Waals surface area contributed by atoms with Gasteiger partial charge in [0.05, 0.1) is 12.6 Å². The monoisotopic (exact) mass is 318 g/mol. The molecular formula is C18H26N2O3. The SMILES string of the molecule is CC(C)(C)OC(=O)N1CCc2c(cccc2N[C@H]2CCOC2)C1. The van der Waals surface area contributed by atoms with Crippen LogP contribution in [0.4, 0.5) is 10.5 Å². The van der Waals surface area contributed by atoms with Crippen molar-refractivity contribution in [2.24, 2.45) is 0 Å². The van der Waals surface area contributed by atoms with Crippen molar-refractivity contribution >= 4 is 11.8 Å². The van der Waals surface area contributed by atoms with Crippen LogP contribution in [0, 0.1) is 0 Å². The Bertz CT molecular complexity index is 574. The highest BCUT2D eigenvalue weighted by Crippen LogP contribution is 2.28. The molecule has 1 N–H and O–H groups in total. The molecule has 2 heterocycles. The highest BCUT2D eigenvalue weighted by Gasteiger charge is 2.27. The number of benzene rings is 1. The maximum atomic E-state index is 12.3. The highest BCUT2D eigenvalue weighted by molar-refractivity contribution is 5.69. The van der Waals surface area contributed by atoms with Crippen LogP contribution in [0.1, 0.15) is 38.3 Å². The van der Waals surface area contributed by atoms with Crippen LogP contribution < -0.4 is 5.32 Å². The third-order valence-electron chi connectivity index (χ3n) is 4.21. The smallest absolute Gasteiger partial charge is 0.410 e. The van der Waals surface area contributed by atoms with Crippen molar-refractivity contribution < 1.29 is 14.3 Å². The predicted molar refractivity (Wildman–Crippen MR) is 89.6 cm³/mol. The molecule has 0 unspecified atom stereocenters. The first-order valence-electron chi connectivity index (χ1n) is 8.35. The second-order valence-corrected chi connectivity index (χ2v) is 7.30. The minimum absolute atomic E-state index is 0.231. The van der Waals surface area contributed by atoms with Gasteiger partial charge in [0.1, 0.15) is 5.60 Å². The molecule has 0 saturated carbocycles. The minimum atomic E-state index is -0.455. The van der Waals surface area contributed by atoms with Gasteiger partial charge < -0.3 is 19.7 Å². The molecule has 1 atom stereocenters. The Kier molecular flexibility index (Phi) is 4.48. The third kappa shape index (κ3) is 3.96. The van der Waals surface area contributed by atoms with Crippen LogP contribution in [0.5, 0.6) is 0 Å². The van der Waals surface area contributed by atoms with Gasteiger partial charge in [-0.1, -0.05) is 12.1 Å². The Morgan fingerprint density at radius 2 is 2.22 bits per heavy atom. The number of nitrogens with zero attached hydrogens (tertiary/aromatic N) is 1. The molecule has 23 heavy (non-hydrogen) atoms. The Hall–Kier alpha value is -1.75. The molecule has 1 amide bonds. The van der Waals surface area contributed by atoms with E-state index in [0.717, 1.165) is 26.1 Å². The van der Waals surface area contributed by atoms with Gasteiger partial charge in [-0.15, -0.1) is 0 Å². The fourth-order valence-corrected chi connectivity index (χ4v) is 3.10. The zero-order valence-electron chi connectivity index (χ0n) is 14.2. The molecule has 1 saturated heterocycles. The summed E-state index contributed by atoms with van der Waals surface area (Å²) in [5.41, 5.74) is 3.25. The lowest BCUT2D eigenvalue weighted by Crippen LogP contribution is -2.40. The molecule has 1 aromatic rings. The third-order valence-corrected chi connectivity index (χ3v) is 4.21. The normalized spacial score (nSPS) is 21.0. The summed E-state index contributed by atoms with van der Waals surface area (Å²) >= 11 is 0. The molecule has 0 spiro atoms. The molecular weight excluding hydrogens is 292 g/mol. The van der Waals surface area contributed by atoms with Crippen LogP contribution in [-0.4, -0.2) is 42.4 Å². The molecule has 3 rings (SSSR count). The fourth-order valence-electron chi connectivity index (χ4n) is 3.10. The van der Waals surface area contributed by atoms with E-state index in [4.69, 9.17) is 9.47 Å². The summed E-state index contributed by atoms with van der Waals surface area (Å²) < 4.78 is 10.9. The molecule has 0 aromatic heterocycles. The Balaban J connectivity index is 1.70. The Morgan fingerprint density at radius 1 is 1.39 bits per heavy atom. The quantitative estimate of drug-likeness (QED) is 0.910. The first-order valence-corrected chi connectivity index (χ1v) is 8.35. The standard InChI is InChI=1S/C18H26N2O3/c1-18(2,3)23-17(21)20-9-7-15-13(11-20)5-4-6-16(15)19-14-8-10-22-12-14/h4-6,14,19H,7-12H2,1-3H3/t14-/m0/s1. The van der Waals surface area contributed by atoms with Gasteiger partial charge in [0.2, 0.25) is 0 Å².